The average molecular weight is 357 g/mol. The molecular formula is C20H23NO5. The van der Waals surface area contributed by atoms with Gasteiger partial charge < -0.3 is 19.5 Å². The first-order chi connectivity index (χ1) is 12.5. The molecule has 0 saturated carbocycles. The van der Waals surface area contributed by atoms with Gasteiger partial charge in [0.2, 0.25) is 0 Å². The molecule has 0 atom stereocenters. The molecule has 0 fully saturated rings. The van der Waals surface area contributed by atoms with E-state index in [-0.39, 0.29) is 23.8 Å². The Kier molecular flexibility index (Phi) is 6.60. The maximum Gasteiger partial charge on any atom is 0.341 e. The van der Waals surface area contributed by atoms with Crippen LogP contribution in [0.1, 0.15) is 28.4 Å². The van der Waals surface area contributed by atoms with E-state index in [2.05, 4.69) is 5.32 Å². The summed E-state index contributed by atoms with van der Waals surface area (Å²) >= 11 is 0. The highest BCUT2D eigenvalue weighted by molar-refractivity contribution is 5.95. The van der Waals surface area contributed by atoms with Crippen LogP contribution in [0.4, 0.5) is 5.69 Å². The molecule has 0 aliphatic heterocycles. The third-order valence-electron chi connectivity index (χ3n) is 3.96. The van der Waals surface area contributed by atoms with Crippen LogP contribution in [0.25, 0.3) is 0 Å². The summed E-state index contributed by atoms with van der Waals surface area (Å²) in [5.74, 6) is -0.116. The Balaban J connectivity index is 2.13. The van der Waals surface area contributed by atoms with Gasteiger partial charge in [0.05, 0.1) is 14.2 Å². The summed E-state index contributed by atoms with van der Waals surface area (Å²) in [7, 11) is 2.79. The normalized spacial score (nSPS) is 10.2. The Morgan fingerprint density at radius 3 is 2.54 bits per heavy atom. The smallest absolute Gasteiger partial charge is 0.341 e. The Bertz CT molecular complexity index is 801. The number of esters is 1. The molecule has 26 heavy (non-hydrogen) atoms. The number of carbonyl (C=O) groups is 2. The summed E-state index contributed by atoms with van der Waals surface area (Å²) in [6.07, 6.45) is 0.806. The van der Waals surface area contributed by atoms with Crippen LogP contribution in [-0.4, -0.2) is 32.7 Å². The molecule has 2 aromatic rings. The quantitative estimate of drug-likeness (QED) is 0.769. The number of aryl methyl sites for hydroxylation is 2. The molecule has 0 aliphatic rings. The molecule has 138 valence electrons. The standard InChI is InChI=1S/C20H23NO5/c1-5-14-8-6-7-13(2)19(14)21-18(22)12-26-17-11-15(24-3)9-10-16(17)20(23)25-4/h6-11H,5,12H2,1-4H3,(H,21,22). The Labute approximate surface area is 153 Å². The number of carbonyl (C=O) groups excluding carboxylic acids is 2. The highest BCUT2D eigenvalue weighted by Crippen LogP contribution is 2.26. The molecular weight excluding hydrogens is 334 g/mol. The van der Waals surface area contributed by atoms with Gasteiger partial charge >= 0.3 is 5.97 Å². The van der Waals surface area contributed by atoms with E-state index in [1.807, 2.05) is 32.0 Å². The number of benzene rings is 2. The molecule has 0 unspecified atom stereocenters. The van der Waals surface area contributed by atoms with E-state index in [1.54, 1.807) is 12.1 Å². The summed E-state index contributed by atoms with van der Waals surface area (Å²) < 4.78 is 15.4. The second-order valence-electron chi connectivity index (χ2n) is 5.65. The average Bonchev–Trinajstić information content (AvgIpc) is 2.67. The summed E-state index contributed by atoms with van der Waals surface area (Å²) in [6, 6.07) is 10.6. The zero-order chi connectivity index (χ0) is 19.1. The maximum absolute atomic E-state index is 12.3. The maximum atomic E-state index is 12.3. The van der Waals surface area contributed by atoms with Gasteiger partial charge in [-0.3, -0.25) is 4.79 Å². The Hall–Kier alpha value is -3.02. The van der Waals surface area contributed by atoms with Crippen molar-refractivity contribution in [3.05, 3.63) is 53.1 Å². The number of hydrogen-bond acceptors (Lipinski definition) is 5. The van der Waals surface area contributed by atoms with Crippen molar-refractivity contribution in [3.8, 4) is 11.5 Å². The third-order valence-corrected chi connectivity index (χ3v) is 3.96. The lowest BCUT2D eigenvalue weighted by molar-refractivity contribution is -0.118. The van der Waals surface area contributed by atoms with Crippen LogP contribution in [0.5, 0.6) is 11.5 Å². The lowest BCUT2D eigenvalue weighted by Crippen LogP contribution is -2.22. The first kappa shape index (κ1) is 19.3. The molecule has 0 spiro atoms. The van der Waals surface area contributed by atoms with Crippen molar-refractivity contribution in [2.75, 3.05) is 26.1 Å². The van der Waals surface area contributed by atoms with Gasteiger partial charge in [0.25, 0.3) is 5.91 Å². The predicted molar refractivity (Wildman–Crippen MR) is 99.0 cm³/mol. The topological polar surface area (TPSA) is 73.9 Å². The minimum absolute atomic E-state index is 0.228. The molecule has 0 bridgehead atoms. The highest BCUT2D eigenvalue weighted by atomic mass is 16.5. The van der Waals surface area contributed by atoms with Crippen molar-refractivity contribution in [1.82, 2.24) is 0 Å². The van der Waals surface area contributed by atoms with Gasteiger partial charge in [-0.15, -0.1) is 0 Å². The van der Waals surface area contributed by atoms with Crippen LogP contribution in [0, 0.1) is 6.92 Å². The van der Waals surface area contributed by atoms with Crippen LogP contribution in [0.15, 0.2) is 36.4 Å². The number of methoxy groups -OCH3 is 2. The van der Waals surface area contributed by atoms with Crippen molar-refractivity contribution in [2.45, 2.75) is 20.3 Å². The van der Waals surface area contributed by atoms with E-state index in [0.717, 1.165) is 23.2 Å². The van der Waals surface area contributed by atoms with Crippen molar-refractivity contribution in [2.24, 2.45) is 0 Å². The third kappa shape index (κ3) is 4.53. The number of hydrogen-bond donors (Lipinski definition) is 1. The highest BCUT2D eigenvalue weighted by Gasteiger charge is 2.16. The van der Waals surface area contributed by atoms with Crippen LogP contribution < -0.4 is 14.8 Å². The number of ether oxygens (including phenoxy) is 3. The summed E-state index contributed by atoms with van der Waals surface area (Å²) in [5, 5.41) is 2.88. The SMILES string of the molecule is CCc1cccc(C)c1NC(=O)COc1cc(OC)ccc1C(=O)OC. The fraction of sp³-hybridized carbons (Fsp3) is 0.300. The number of para-hydroxylation sites is 1. The van der Waals surface area contributed by atoms with Crippen molar-refractivity contribution < 1.29 is 23.8 Å². The Morgan fingerprint density at radius 2 is 1.88 bits per heavy atom. The largest absolute Gasteiger partial charge is 0.497 e. The van der Waals surface area contributed by atoms with E-state index >= 15 is 0 Å². The molecule has 0 radical (unpaired) electrons. The summed E-state index contributed by atoms with van der Waals surface area (Å²) in [4.78, 5) is 24.2. The number of nitrogens with one attached hydrogen (secondary N) is 1. The van der Waals surface area contributed by atoms with E-state index < -0.39 is 5.97 Å². The second kappa shape index (κ2) is 8.89. The fourth-order valence-electron chi connectivity index (χ4n) is 2.55. The van der Waals surface area contributed by atoms with Crippen molar-refractivity contribution in [3.63, 3.8) is 0 Å². The predicted octanol–water partition coefficient (Wildman–Crippen LogP) is 3.37. The van der Waals surface area contributed by atoms with Gasteiger partial charge in [-0.05, 0) is 36.6 Å². The van der Waals surface area contributed by atoms with Crippen LogP contribution in [-0.2, 0) is 16.0 Å². The number of rotatable bonds is 7. The molecule has 0 saturated heterocycles. The lowest BCUT2D eigenvalue weighted by Gasteiger charge is -2.14. The number of amides is 1. The van der Waals surface area contributed by atoms with E-state index in [0.29, 0.717) is 5.75 Å². The van der Waals surface area contributed by atoms with Crippen molar-refractivity contribution >= 4 is 17.6 Å². The Morgan fingerprint density at radius 1 is 1.12 bits per heavy atom. The molecule has 0 heterocycles. The molecule has 1 N–H and O–H groups in total. The van der Waals surface area contributed by atoms with Gasteiger partial charge in [0, 0.05) is 11.8 Å². The van der Waals surface area contributed by atoms with Crippen LogP contribution in [0.3, 0.4) is 0 Å². The second-order valence-corrected chi connectivity index (χ2v) is 5.65. The molecule has 2 aromatic carbocycles. The van der Waals surface area contributed by atoms with Gasteiger partial charge in [-0.1, -0.05) is 25.1 Å². The molecule has 1 amide bonds. The van der Waals surface area contributed by atoms with Gasteiger partial charge in [-0.25, -0.2) is 4.79 Å². The first-order valence-electron chi connectivity index (χ1n) is 8.27. The zero-order valence-corrected chi connectivity index (χ0v) is 15.4. The zero-order valence-electron chi connectivity index (χ0n) is 15.4. The van der Waals surface area contributed by atoms with Crippen LogP contribution >= 0.6 is 0 Å². The minimum Gasteiger partial charge on any atom is -0.497 e. The van der Waals surface area contributed by atoms with E-state index in [4.69, 9.17) is 14.2 Å². The van der Waals surface area contributed by atoms with Gasteiger partial charge in [0.15, 0.2) is 6.61 Å². The van der Waals surface area contributed by atoms with Gasteiger partial charge in [-0.2, -0.15) is 0 Å². The molecule has 0 aliphatic carbocycles. The lowest BCUT2D eigenvalue weighted by atomic mass is 10.1. The van der Waals surface area contributed by atoms with E-state index in [1.165, 1.54) is 20.3 Å². The molecule has 6 heteroatoms. The van der Waals surface area contributed by atoms with Gasteiger partial charge in [0.1, 0.15) is 17.1 Å². The molecule has 2 rings (SSSR count). The molecule has 6 nitrogen and oxygen atoms in total. The monoisotopic (exact) mass is 357 g/mol. The molecule has 0 aromatic heterocycles. The first-order valence-corrected chi connectivity index (χ1v) is 8.27. The summed E-state index contributed by atoms with van der Waals surface area (Å²) in [6.45, 7) is 3.72. The van der Waals surface area contributed by atoms with Crippen LogP contribution in [0.2, 0.25) is 0 Å². The minimum atomic E-state index is -0.546. The fourth-order valence-corrected chi connectivity index (χ4v) is 2.55. The number of anilines is 1. The van der Waals surface area contributed by atoms with E-state index in [9.17, 15) is 9.59 Å². The van der Waals surface area contributed by atoms with Crippen molar-refractivity contribution in [1.29, 1.82) is 0 Å². The summed E-state index contributed by atoms with van der Waals surface area (Å²) in [5.41, 5.74) is 3.05.